The topological polar surface area (TPSA) is 53.0 Å². The molecule has 3 fully saturated rings. The SMILES string of the molecule is Cc1cc(-c2ccc3cc(Cl)ccc3c2)ccc1C1=NC2(CC2)C(=O)N1CC1CN(C(=O)C2(C)CC2)C1. The molecule has 1 spiro atoms. The minimum Gasteiger partial charge on any atom is -0.341 e. The fourth-order valence-electron chi connectivity index (χ4n) is 5.86. The molecule has 6 heteroatoms. The van der Waals surface area contributed by atoms with Gasteiger partial charge in [-0.3, -0.25) is 19.5 Å². The lowest BCUT2D eigenvalue weighted by Crippen LogP contribution is -2.56. The number of amides is 2. The van der Waals surface area contributed by atoms with Gasteiger partial charge in [0, 0.05) is 41.6 Å². The van der Waals surface area contributed by atoms with Crippen LogP contribution in [-0.2, 0) is 9.59 Å². The summed E-state index contributed by atoms with van der Waals surface area (Å²) in [6.07, 6.45) is 3.66. The highest BCUT2D eigenvalue weighted by Gasteiger charge is 2.58. The molecule has 0 N–H and O–H groups in total. The summed E-state index contributed by atoms with van der Waals surface area (Å²) < 4.78 is 0. The van der Waals surface area contributed by atoms with Crippen molar-refractivity contribution < 1.29 is 9.59 Å². The zero-order valence-electron chi connectivity index (χ0n) is 21.3. The average Bonchev–Trinajstić information content (AvgIpc) is 3.78. The Kier molecular flexibility index (Phi) is 4.91. The number of carbonyl (C=O) groups is 2. The summed E-state index contributed by atoms with van der Waals surface area (Å²) in [6.45, 7) is 6.28. The van der Waals surface area contributed by atoms with Gasteiger partial charge in [-0.25, -0.2) is 0 Å². The van der Waals surface area contributed by atoms with E-state index in [1.807, 2.05) is 28.0 Å². The van der Waals surface area contributed by atoms with Crippen molar-refractivity contribution in [2.45, 2.75) is 45.1 Å². The molecule has 3 aromatic carbocycles. The van der Waals surface area contributed by atoms with Gasteiger partial charge in [-0.2, -0.15) is 0 Å². The Morgan fingerprint density at radius 3 is 2.35 bits per heavy atom. The van der Waals surface area contributed by atoms with Crippen molar-refractivity contribution in [1.82, 2.24) is 9.80 Å². The third-order valence-corrected chi connectivity index (χ3v) is 8.98. The van der Waals surface area contributed by atoms with E-state index in [-0.39, 0.29) is 17.2 Å². The lowest BCUT2D eigenvalue weighted by molar-refractivity contribution is -0.143. The molecule has 3 aromatic rings. The molecule has 2 amide bonds. The molecule has 0 bridgehead atoms. The predicted molar refractivity (Wildman–Crippen MR) is 147 cm³/mol. The van der Waals surface area contributed by atoms with Crippen molar-refractivity contribution in [2.75, 3.05) is 19.6 Å². The molecule has 2 aliphatic carbocycles. The van der Waals surface area contributed by atoms with Crippen molar-refractivity contribution in [2.24, 2.45) is 16.3 Å². The molecule has 2 saturated carbocycles. The van der Waals surface area contributed by atoms with E-state index >= 15 is 0 Å². The number of aryl methyl sites for hydroxylation is 1. The third-order valence-electron chi connectivity index (χ3n) is 8.75. The summed E-state index contributed by atoms with van der Waals surface area (Å²) in [5.74, 6) is 1.53. The van der Waals surface area contributed by atoms with Crippen LogP contribution in [0.2, 0.25) is 5.02 Å². The Morgan fingerprint density at radius 1 is 0.973 bits per heavy atom. The molecule has 0 aromatic heterocycles. The second kappa shape index (κ2) is 7.91. The van der Waals surface area contributed by atoms with Crippen LogP contribution in [0, 0.1) is 18.3 Å². The van der Waals surface area contributed by atoms with Crippen LogP contribution in [0.4, 0.5) is 0 Å². The molecule has 2 heterocycles. The van der Waals surface area contributed by atoms with E-state index in [9.17, 15) is 9.59 Å². The lowest BCUT2D eigenvalue weighted by Gasteiger charge is -2.42. The van der Waals surface area contributed by atoms with Crippen LogP contribution in [0.5, 0.6) is 0 Å². The first-order valence-electron chi connectivity index (χ1n) is 13.3. The van der Waals surface area contributed by atoms with Gasteiger partial charge in [-0.1, -0.05) is 54.9 Å². The zero-order chi connectivity index (χ0) is 25.5. The zero-order valence-corrected chi connectivity index (χ0v) is 22.0. The molecule has 37 heavy (non-hydrogen) atoms. The fraction of sp³-hybridized carbons (Fsp3) is 0.387. The highest BCUT2D eigenvalue weighted by molar-refractivity contribution is 6.31. The normalized spacial score (nSPS) is 21.4. The van der Waals surface area contributed by atoms with Crippen LogP contribution >= 0.6 is 11.6 Å². The minimum absolute atomic E-state index is 0.129. The summed E-state index contributed by atoms with van der Waals surface area (Å²) in [7, 11) is 0. The van der Waals surface area contributed by atoms with Gasteiger partial charge in [-0.15, -0.1) is 0 Å². The first-order chi connectivity index (χ1) is 17.7. The van der Waals surface area contributed by atoms with Crippen molar-refractivity contribution in [3.05, 3.63) is 70.7 Å². The summed E-state index contributed by atoms with van der Waals surface area (Å²) in [4.78, 5) is 34.9. The quantitative estimate of drug-likeness (QED) is 0.431. The standard InChI is InChI=1S/C31H30ClN3O2/c1-19-13-21(22-3-4-24-15-25(32)7-5-23(24)14-22)6-8-26(19)27-33-31(11-12-31)29(37)35(27)18-20-16-34(17-20)28(36)30(2)9-10-30/h3-8,13-15,20H,9-12,16-18H2,1-2H3. The van der Waals surface area contributed by atoms with Crippen molar-refractivity contribution in [3.63, 3.8) is 0 Å². The van der Waals surface area contributed by atoms with Gasteiger partial charge in [0.1, 0.15) is 11.4 Å². The van der Waals surface area contributed by atoms with Crippen LogP contribution in [-0.4, -0.2) is 52.6 Å². The van der Waals surface area contributed by atoms with E-state index in [4.69, 9.17) is 16.6 Å². The largest absolute Gasteiger partial charge is 0.341 e. The minimum atomic E-state index is -0.541. The number of benzene rings is 3. The summed E-state index contributed by atoms with van der Waals surface area (Å²) in [6, 6.07) is 18.8. The van der Waals surface area contributed by atoms with Gasteiger partial charge in [0.25, 0.3) is 5.91 Å². The Labute approximate surface area is 222 Å². The van der Waals surface area contributed by atoms with Crippen LogP contribution < -0.4 is 0 Å². The second-order valence-corrected chi connectivity index (χ2v) is 12.2. The molecule has 7 rings (SSSR count). The maximum absolute atomic E-state index is 13.4. The molecule has 0 unspecified atom stereocenters. The van der Waals surface area contributed by atoms with Gasteiger partial charge in [0.2, 0.25) is 5.91 Å². The van der Waals surface area contributed by atoms with Crippen molar-refractivity contribution in [3.8, 4) is 11.1 Å². The first-order valence-corrected chi connectivity index (χ1v) is 13.6. The number of hydrogen-bond donors (Lipinski definition) is 0. The Hall–Kier alpha value is -3.18. The molecule has 5 nitrogen and oxygen atoms in total. The number of carbonyl (C=O) groups excluding carboxylic acids is 2. The predicted octanol–water partition coefficient (Wildman–Crippen LogP) is 5.85. The molecule has 188 valence electrons. The summed E-state index contributed by atoms with van der Waals surface area (Å²) in [5, 5.41) is 3.01. The number of halogens is 1. The maximum Gasteiger partial charge on any atom is 0.256 e. The fourth-order valence-corrected chi connectivity index (χ4v) is 6.04. The number of nitrogens with zero attached hydrogens (tertiary/aromatic N) is 3. The van der Waals surface area contributed by atoms with Crippen molar-refractivity contribution >= 4 is 40.0 Å². The number of fused-ring (bicyclic) bond motifs is 1. The van der Waals surface area contributed by atoms with Gasteiger partial charge >= 0.3 is 0 Å². The molecular formula is C31H30ClN3O2. The van der Waals surface area contributed by atoms with Gasteiger partial charge in [-0.05, 0) is 78.3 Å². The Balaban J connectivity index is 1.13. The maximum atomic E-state index is 13.4. The van der Waals surface area contributed by atoms with Crippen LogP contribution in [0.3, 0.4) is 0 Å². The number of hydrogen-bond acceptors (Lipinski definition) is 3. The molecule has 1 saturated heterocycles. The summed E-state index contributed by atoms with van der Waals surface area (Å²) >= 11 is 6.15. The van der Waals surface area contributed by atoms with Crippen LogP contribution in [0.1, 0.15) is 43.7 Å². The first kappa shape index (κ1) is 23.0. The molecule has 0 atom stereocenters. The van der Waals surface area contributed by atoms with Crippen LogP contribution in [0.15, 0.2) is 59.6 Å². The number of aliphatic imine (C=N–C) groups is 1. The summed E-state index contributed by atoms with van der Waals surface area (Å²) in [5.41, 5.74) is 3.74. The second-order valence-electron chi connectivity index (χ2n) is 11.8. The monoisotopic (exact) mass is 511 g/mol. The van der Waals surface area contributed by atoms with E-state index in [1.165, 1.54) is 0 Å². The van der Waals surface area contributed by atoms with E-state index in [2.05, 4.69) is 50.2 Å². The van der Waals surface area contributed by atoms with E-state index in [0.717, 1.165) is 82.7 Å². The molecule has 2 aliphatic heterocycles. The molecular weight excluding hydrogens is 482 g/mol. The lowest BCUT2D eigenvalue weighted by atomic mass is 9.95. The van der Waals surface area contributed by atoms with Gasteiger partial charge in [0.05, 0.1) is 0 Å². The third kappa shape index (κ3) is 3.78. The van der Waals surface area contributed by atoms with Gasteiger partial charge < -0.3 is 4.90 Å². The number of rotatable bonds is 5. The van der Waals surface area contributed by atoms with E-state index in [1.54, 1.807) is 0 Å². The Morgan fingerprint density at radius 2 is 1.65 bits per heavy atom. The average molecular weight is 512 g/mol. The smallest absolute Gasteiger partial charge is 0.256 e. The molecule has 0 radical (unpaired) electrons. The van der Waals surface area contributed by atoms with Crippen molar-refractivity contribution in [1.29, 1.82) is 0 Å². The number of amidine groups is 1. The Bertz CT molecular complexity index is 1510. The highest BCUT2D eigenvalue weighted by atomic mass is 35.5. The number of likely N-dealkylation sites (tertiary alicyclic amines) is 1. The molecule has 4 aliphatic rings. The highest BCUT2D eigenvalue weighted by Crippen LogP contribution is 2.48. The van der Waals surface area contributed by atoms with E-state index in [0.29, 0.717) is 12.5 Å². The van der Waals surface area contributed by atoms with Gasteiger partial charge in [0.15, 0.2) is 0 Å². The van der Waals surface area contributed by atoms with Crippen LogP contribution in [0.25, 0.3) is 21.9 Å². The van der Waals surface area contributed by atoms with E-state index < -0.39 is 5.54 Å².